The molecule has 44 heavy (non-hydrogen) atoms. The van der Waals surface area contributed by atoms with Gasteiger partial charge in [-0.1, -0.05) is 39.8 Å². The minimum Gasteiger partial charge on any atom is -0.460 e. The summed E-state index contributed by atoms with van der Waals surface area (Å²) in [5, 5.41) is 42.5. The summed E-state index contributed by atoms with van der Waals surface area (Å²) < 4.78 is 21.1. The Hall–Kier alpha value is -2.39. The summed E-state index contributed by atoms with van der Waals surface area (Å²) in [6.45, 7) is 14.9. The highest BCUT2D eigenvalue weighted by atomic mass is 16.5. The van der Waals surface area contributed by atoms with Gasteiger partial charge in [-0.25, -0.2) is 9.59 Å². The number of aliphatic hydroxyl groups is 4. The standard InChI is InChI=1S/C31H56N2O11/c1-8-10-12-41-18-25(34)14-32(15-27(36)20-43-30(39)22(3)4)24(7)29(38)33(16-26(35)19-42-13-11-9-2)17-28(37)21-44-31(40)23(5)6/h24-28,34-37H,3,5,8-21H2,1-2,4,6-7H3. The van der Waals surface area contributed by atoms with Crippen molar-refractivity contribution in [1.82, 2.24) is 9.80 Å². The second-order valence-corrected chi connectivity index (χ2v) is 11.1. The van der Waals surface area contributed by atoms with Crippen molar-refractivity contribution in [3.63, 3.8) is 0 Å². The molecule has 13 heteroatoms. The number of carbonyl (C=O) groups is 3. The minimum absolute atomic E-state index is 0.00246. The van der Waals surface area contributed by atoms with Gasteiger partial charge in [-0.05, 0) is 33.6 Å². The highest BCUT2D eigenvalue weighted by Crippen LogP contribution is 2.11. The predicted molar refractivity (Wildman–Crippen MR) is 165 cm³/mol. The van der Waals surface area contributed by atoms with E-state index in [1.165, 1.54) is 23.6 Å². The topological polar surface area (TPSA) is 176 Å². The van der Waals surface area contributed by atoms with E-state index in [1.54, 1.807) is 6.92 Å². The molecule has 1 amide bonds. The Kier molecular flexibility index (Phi) is 22.6. The number of amides is 1. The zero-order valence-corrected chi connectivity index (χ0v) is 27.2. The first-order chi connectivity index (χ1) is 20.7. The SMILES string of the molecule is C=C(C)C(=O)OCC(O)CN(CC(O)COCCCC)C(=O)C(C)N(CC(O)COCCCC)CC(O)COC(=O)C(=C)C. The summed E-state index contributed by atoms with van der Waals surface area (Å²) >= 11 is 0. The van der Waals surface area contributed by atoms with E-state index >= 15 is 0 Å². The summed E-state index contributed by atoms with van der Waals surface area (Å²) in [5.41, 5.74) is 0.316. The van der Waals surface area contributed by atoms with Gasteiger partial charge >= 0.3 is 11.9 Å². The maximum atomic E-state index is 13.8. The van der Waals surface area contributed by atoms with Gasteiger partial charge in [0.1, 0.15) is 25.4 Å². The van der Waals surface area contributed by atoms with E-state index in [2.05, 4.69) is 13.2 Å². The van der Waals surface area contributed by atoms with Crippen molar-refractivity contribution in [3.05, 3.63) is 24.3 Å². The average molecular weight is 633 g/mol. The molecule has 0 aliphatic rings. The molecule has 0 rings (SSSR count). The van der Waals surface area contributed by atoms with Crippen LogP contribution >= 0.6 is 0 Å². The van der Waals surface area contributed by atoms with Crippen LogP contribution in [0.5, 0.6) is 0 Å². The van der Waals surface area contributed by atoms with Gasteiger partial charge in [-0.3, -0.25) is 9.69 Å². The van der Waals surface area contributed by atoms with Crippen molar-refractivity contribution in [2.45, 2.75) is 90.8 Å². The highest BCUT2D eigenvalue weighted by molar-refractivity contribution is 5.87. The smallest absolute Gasteiger partial charge is 0.333 e. The molecule has 0 aliphatic heterocycles. The van der Waals surface area contributed by atoms with Crippen molar-refractivity contribution in [1.29, 1.82) is 0 Å². The van der Waals surface area contributed by atoms with E-state index in [9.17, 15) is 34.8 Å². The van der Waals surface area contributed by atoms with Crippen molar-refractivity contribution in [2.24, 2.45) is 0 Å². The second-order valence-electron chi connectivity index (χ2n) is 11.1. The number of carbonyl (C=O) groups excluding carboxylic acids is 3. The maximum absolute atomic E-state index is 13.8. The Morgan fingerprint density at radius 1 is 0.659 bits per heavy atom. The molecule has 4 N–H and O–H groups in total. The molecule has 5 unspecified atom stereocenters. The van der Waals surface area contributed by atoms with Crippen LogP contribution < -0.4 is 0 Å². The van der Waals surface area contributed by atoms with Crippen LogP contribution in [0.3, 0.4) is 0 Å². The molecule has 0 fully saturated rings. The lowest BCUT2D eigenvalue weighted by Crippen LogP contribution is -2.55. The number of unbranched alkanes of at least 4 members (excludes halogenated alkanes) is 2. The van der Waals surface area contributed by atoms with Crippen molar-refractivity contribution in [3.8, 4) is 0 Å². The third kappa shape index (κ3) is 19.1. The first kappa shape index (κ1) is 41.6. The van der Waals surface area contributed by atoms with E-state index in [0.29, 0.717) is 13.2 Å². The number of aliphatic hydroxyl groups excluding tert-OH is 4. The number of rotatable bonds is 26. The van der Waals surface area contributed by atoms with Crippen molar-refractivity contribution < 1.29 is 53.8 Å². The summed E-state index contributed by atoms with van der Waals surface area (Å²) in [6, 6.07) is -0.967. The molecular formula is C31H56N2O11. The Morgan fingerprint density at radius 2 is 1.02 bits per heavy atom. The largest absolute Gasteiger partial charge is 0.460 e. The predicted octanol–water partition coefficient (Wildman–Crippen LogP) is 0.821. The van der Waals surface area contributed by atoms with Gasteiger partial charge in [0.15, 0.2) is 0 Å². The van der Waals surface area contributed by atoms with Gasteiger partial charge in [0, 0.05) is 44.0 Å². The third-order valence-corrected chi connectivity index (χ3v) is 6.39. The quantitative estimate of drug-likeness (QED) is 0.0601. The fourth-order valence-electron chi connectivity index (χ4n) is 3.85. The van der Waals surface area contributed by atoms with Crippen LogP contribution in [0.25, 0.3) is 0 Å². The highest BCUT2D eigenvalue weighted by Gasteiger charge is 2.31. The van der Waals surface area contributed by atoms with Crippen molar-refractivity contribution >= 4 is 17.8 Å². The number of hydrogen-bond donors (Lipinski definition) is 4. The van der Waals surface area contributed by atoms with Crippen LogP contribution in [0.4, 0.5) is 0 Å². The molecule has 0 spiro atoms. The Labute approximate surface area is 262 Å². The number of nitrogens with zero attached hydrogens (tertiary/aromatic N) is 2. The monoisotopic (exact) mass is 632 g/mol. The van der Waals surface area contributed by atoms with E-state index in [0.717, 1.165) is 25.7 Å². The van der Waals surface area contributed by atoms with E-state index in [4.69, 9.17) is 18.9 Å². The molecule has 0 saturated carbocycles. The lowest BCUT2D eigenvalue weighted by molar-refractivity contribution is -0.147. The molecular weight excluding hydrogens is 576 g/mol. The van der Waals surface area contributed by atoms with Crippen LogP contribution in [0.1, 0.15) is 60.3 Å². The summed E-state index contributed by atoms with van der Waals surface area (Å²) in [4.78, 5) is 40.1. The van der Waals surface area contributed by atoms with Gasteiger partial charge in [-0.15, -0.1) is 0 Å². The average Bonchev–Trinajstić information content (AvgIpc) is 2.97. The number of hydrogen-bond acceptors (Lipinski definition) is 12. The van der Waals surface area contributed by atoms with E-state index < -0.39 is 54.9 Å². The second kappa shape index (κ2) is 23.9. The van der Waals surface area contributed by atoms with Gasteiger partial charge < -0.3 is 44.3 Å². The van der Waals surface area contributed by atoms with Gasteiger partial charge in [0.05, 0.1) is 38.0 Å². The number of esters is 2. The molecule has 0 aromatic carbocycles. The molecule has 0 aromatic rings. The first-order valence-corrected chi connectivity index (χ1v) is 15.3. The molecule has 0 bridgehead atoms. The van der Waals surface area contributed by atoms with Crippen LogP contribution in [0.2, 0.25) is 0 Å². The summed E-state index contributed by atoms with van der Waals surface area (Å²) in [5.74, 6) is -1.90. The molecule has 0 aliphatic carbocycles. The summed E-state index contributed by atoms with van der Waals surface area (Å²) in [7, 11) is 0. The zero-order valence-electron chi connectivity index (χ0n) is 27.2. The molecule has 13 nitrogen and oxygen atoms in total. The lowest BCUT2D eigenvalue weighted by atomic mass is 10.1. The Morgan fingerprint density at radius 3 is 1.41 bits per heavy atom. The molecule has 0 heterocycles. The van der Waals surface area contributed by atoms with Gasteiger partial charge in [0.25, 0.3) is 0 Å². The maximum Gasteiger partial charge on any atom is 0.333 e. The van der Waals surface area contributed by atoms with E-state index in [-0.39, 0.29) is 57.1 Å². The third-order valence-electron chi connectivity index (χ3n) is 6.39. The lowest BCUT2D eigenvalue weighted by Gasteiger charge is -2.36. The van der Waals surface area contributed by atoms with Gasteiger partial charge in [-0.2, -0.15) is 0 Å². The minimum atomic E-state index is -1.28. The molecule has 5 atom stereocenters. The molecule has 0 radical (unpaired) electrons. The van der Waals surface area contributed by atoms with Crippen LogP contribution in [0.15, 0.2) is 24.3 Å². The Bertz CT molecular complexity index is 870. The molecule has 0 aromatic heterocycles. The number of ether oxygens (including phenoxy) is 4. The summed E-state index contributed by atoms with van der Waals surface area (Å²) in [6.07, 6.45) is -1.11. The molecule has 256 valence electrons. The molecule has 0 saturated heterocycles. The zero-order chi connectivity index (χ0) is 33.7. The van der Waals surface area contributed by atoms with Crippen LogP contribution in [0, 0.1) is 0 Å². The first-order valence-electron chi connectivity index (χ1n) is 15.3. The Balaban J connectivity index is 5.82. The van der Waals surface area contributed by atoms with Crippen molar-refractivity contribution in [2.75, 3.05) is 65.8 Å². The normalized spacial score (nSPS) is 14.8. The van der Waals surface area contributed by atoms with Crippen LogP contribution in [-0.4, -0.2) is 144 Å². The van der Waals surface area contributed by atoms with Gasteiger partial charge in [0.2, 0.25) is 5.91 Å². The van der Waals surface area contributed by atoms with E-state index in [1.807, 2.05) is 13.8 Å². The fraction of sp³-hybridized carbons (Fsp3) is 0.774. The van der Waals surface area contributed by atoms with Crippen LogP contribution in [-0.2, 0) is 33.3 Å². The fourth-order valence-corrected chi connectivity index (χ4v) is 3.85.